The topological polar surface area (TPSA) is 82.0 Å². The van der Waals surface area contributed by atoms with Gasteiger partial charge in [0, 0.05) is 12.1 Å². The average Bonchev–Trinajstić information content (AvgIpc) is 2.74. The van der Waals surface area contributed by atoms with E-state index < -0.39 is 15.6 Å². The number of nitrogens with zero attached hydrogens (tertiary/aromatic N) is 1. The molecule has 102 valence electrons. The van der Waals surface area contributed by atoms with Crippen LogP contribution in [-0.4, -0.2) is 27.0 Å². The van der Waals surface area contributed by atoms with E-state index in [1.807, 2.05) is 13.0 Å². The highest BCUT2D eigenvalue weighted by atomic mass is 35.5. The molecule has 5 nitrogen and oxygen atoms in total. The molecule has 1 aliphatic rings. The van der Waals surface area contributed by atoms with Gasteiger partial charge < -0.3 is 5.32 Å². The fourth-order valence-corrected chi connectivity index (χ4v) is 4.05. The Morgan fingerprint density at radius 3 is 2.79 bits per heavy atom. The van der Waals surface area contributed by atoms with Crippen molar-refractivity contribution in [1.29, 1.82) is 5.26 Å². The fraction of sp³-hybridized carbons (Fsp3) is 0.417. The van der Waals surface area contributed by atoms with Crippen molar-refractivity contribution in [3.63, 3.8) is 0 Å². The highest BCUT2D eigenvalue weighted by Gasteiger charge is 2.34. The number of hydrogen-bond donors (Lipinski definition) is 2. The van der Waals surface area contributed by atoms with Gasteiger partial charge in [0.1, 0.15) is 4.90 Å². The molecule has 0 radical (unpaired) electrons. The van der Waals surface area contributed by atoms with Gasteiger partial charge in [-0.2, -0.15) is 5.26 Å². The molecule has 0 spiro atoms. The monoisotopic (exact) mass is 299 g/mol. The molecular formula is C12H14ClN3O2S. The van der Waals surface area contributed by atoms with Crippen molar-refractivity contribution in [2.75, 3.05) is 13.1 Å². The Morgan fingerprint density at radius 2 is 2.26 bits per heavy atom. The van der Waals surface area contributed by atoms with Crippen LogP contribution in [0.2, 0.25) is 5.02 Å². The lowest BCUT2D eigenvalue weighted by Crippen LogP contribution is -2.47. The predicted molar refractivity (Wildman–Crippen MR) is 72.4 cm³/mol. The first-order valence-electron chi connectivity index (χ1n) is 5.81. The van der Waals surface area contributed by atoms with Crippen LogP contribution in [0.3, 0.4) is 0 Å². The maximum absolute atomic E-state index is 12.3. The third kappa shape index (κ3) is 3.07. The summed E-state index contributed by atoms with van der Waals surface area (Å²) >= 11 is 5.94. The third-order valence-electron chi connectivity index (χ3n) is 3.10. The molecule has 0 amide bonds. The highest BCUT2D eigenvalue weighted by Crippen LogP contribution is 2.25. The summed E-state index contributed by atoms with van der Waals surface area (Å²) in [4.78, 5) is 0.00120. The number of nitrogens with one attached hydrogen (secondary N) is 2. The van der Waals surface area contributed by atoms with Crippen LogP contribution >= 0.6 is 11.6 Å². The zero-order chi connectivity index (χ0) is 14.1. The van der Waals surface area contributed by atoms with Gasteiger partial charge in [0.15, 0.2) is 0 Å². The molecule has 1 aromatic carbocycles. The van der Waals surface area contributed by atoms with Crippen LogP contribution in [0.25, 0.3) is 0 Å². The van der Waals surface area contributed by atoms with Crippen molar-refractivity contribution < 1.29 is 8.42 Å². The van der Waals surface area contributed by atoms with Crippen molar-refractivity contribution >= 4 is 21.6 Å². The van der Waals surface area contributed by atoms with Crippen molar-refractivity contribution in [3.8, 4) is 6.07 Å². The number of nitriles is 1. The zero-order valence-electron chi connectivity index (χ0n) is 10.4. The standard InChI is InChI=1S/C12H14ClN3O2S/c1-12(4-5-15-8-12)16-19(17,18)11-3-2-9(7-14)6-10(11)13/h2-3,6,15-16H,4-5,8H2,1H3. The summed E-state index contributed by atoms with van der Waals surface area (Å²) in [5, 5.41) is 11.9. The Labute approximate surface area is 117 Å². The lowest BCUT2D eigenvalue weighted by molar-refractivity contribution is 0.452. The van der Waals surface area contributed by atoms with E-state index in [1.165, 1.54) is 18.2 Å². The van der Waals surface area contributed by atoms with Crippen molar-refractivity contribution in [2.24, 2.45) is 0 Å². The van der Waals surface area contributed by atoms with Crippen LogP contribution in [0.15, 0.2) is 23.1 Å². The minimum Gasteiger partial charge on any atom is -0.315 e. The summed E-state index contributed by atoms with van der Waals surface area (Å²) in [6, 6.07) is 6.07. The van der Waals surface area contributed by atoms with E-state index in [4.69, 9.17) is 16.9 Å². The third-order valence-corrected chi connectivity index (χ3v) is 5.22. The number of hydrogen-bond acceptors (Lipinski definition) is 4. The minimum absolute atomic E-state index is 0.00120. The molecule has 2 rings (SSSR count). The second-order valence-corrected chi connectivity index (χ2v) is 6.91. The van der Waals surface area contributed by atoms with Crippen molar-refractivity contribution in [3.05, 3.63) is 28.8 Å². The second kappa shape index (κ2) is 5.10. The Bertz CT molecular complexity index is 631. The first kappa shape index (κ1) is 14.3. The van der Waals surface area contributed by atoms with Gasteiger partial charge in [-0.15, -0.1) is 0 Å². The first-order valence-corrected chi connectivity index (χ1v) is 7.67. The maximum Gasteiger partial charge on any atom is 0.242 e. The molecule has 7 heteroatoms. The molecule has 19 heavy (non-hydrogen) atoms. The Hall–Kier alpha value is -1.13. The quantitative estimate of drug-likeness (QED) is 0.880. The summed E-state index contributed by atoms with van der Waals surface area (Å²) in [6.45, 7) is 3.21. The van der Waals surface area contributed by atoms with Gasteiger partial charge in [0.2, 0.25) is 10.0 Å². The molecule has 1 aromatic rings. The van der Waals surface area contributed by atoms with Crippen LogP contribution < -0.4 is 10.0 Å². The maximum atomic E-state index is 12.3. The Morgan fingerprint density at radius 1 is 1.53 bits per heavy atom. The summed E-state index contributed by atoms with van der Waals surface area (Å²) in [5.74, 6) is 0. The van der Waals surface area contributed by atoms with Crippen LogP contribution in [-0.2, 0) is 10.0 Å². The molecule has 1 atom stereocenters. The molecule has 1 unspecified atom stereocenters. The first-order chi connectivity index (χ1) is 8.86. The van der Waals surface area contributed by atoms with E-state index in [9.17, 15) is 8.42 Å². The van der Waals surface area contributed by atoms with Crippen molar-refractivity contribution in [1.82, 2.24) is 10.0 Å². The van der Waals surface area contributed by atoms with Gasteiger partial charge in [-0.3, -0.25) is 0 Å². The van der Waals surface area contributed by atoms with E-state index in [-0.39, 0.29) is 9.92 Å². The number of halogens is 1. The Kier molecular flexibility index (Phi) is 3.83. The largest absolute Gasteiger partial charge is 0.315 e. The van der Waals surface area contributed by atoms with Crippen LogP contribution in [0.5, 0.6) is 0 Å². The normalized spacial score (nSPS) is 23.2. The van der Waals surface area contributed by atoms with E-state index >= 15 is 0 Å². The van der Waals surface area contributed by atoms with Gasteiger partial charge in [-0.05, 0) is 38.1 Å². The second-order valence-electron chi connectivity index (χ2n) is 4.85. The molecular weight excluding hydrogens is 286 g/mol. The van der Waals surface area contributed by atoms with E-state index in [2.05, 4.69) is 10.0 Å². The van der Waals surface area contributed by atoms with Gasteiger partial charge in [0.05, 0.1) is 16.7 Å². The number of sulfonamides is 1. The molecule has 2 N–H and O–H groups in total. The summed E-state index contributed by atoms with van der Waals surface area (Å²) < 4.78 is 27.3. The van der Waals surface area contributed by atoms with Crippen LogP contribution in [0, 0.1) is 11.3 Å². The van der Waals surface area contributed by atoms with Crippen LogP contribution in [0.1, 0.15) is 18.9 Å². The molecule has 0 saturated carbocycles. The minimum atomic E-state index is -3.69. The SMILES string of the molecule is CC1(NS(=O)(=O)c2ccc(C#N)cc2Cl)CCNC1. The fourth-order valence-electron chi connectivity index (χ4n) is 2.07. The summed E-state index contributed by atoms with van der Waals surface area (Å²) in [5.41, 5.74) is -0.173. The Balaban J connectivity index is 2.32. The van der Waals surface area contributed by atoms with E-state index in [1.54, 1.807) is 0 Å². The summed E-state index contributed by atoms with van der Waals surface area (Å²) in [7, 11) is -3.69. The van der Waals surface area contributed by atoms with E-state index in [0.717, 1.165) is 13.0 Å². The van der Waals surface area contributed by atoms with Gasteiger partial charge in [-0.1, -0.05) is 11.6 Å². The molecule has 0 bridgehead atoms. The summed E-state index contributed by atoms with van der Waals surface area (Å²) in [6.07, 6.45) is 0.722. The van der Waals surface area contributed by atoms with Gasteiger partial charge in [0.25, 0.3) is 0 Å². The zero-order valence-corrected chi connectivity index (χ0v) is 12.0. The van der Waals surface area contributed by atoms with Gasteiger partial charge in [-0.25, -0.2) is 13.1 Å². The number of rotatable bonds is 3. The predicted octanol–water partition coefficient (Wildman–Crippen LogP) is 1.24. The van der Waals surface area contributed by atoms with Gasteiger partial charge >= 0.3 is 0 Å². The molecule has 1 heterocycles. The lowest BCUT2D eigenvalue weighted by Gasteiger charge is -2.24. The smallest absolute Gasteiger partial charge is 0.242 e. The molecule has 1 fully saturated rings. The molecule has 1 aliphatic heterocycles. The van der Waals surface area contributed by atoms with Crippen LogP contribution in [0.4, 0.5) is 0 Å². The average molecular weight is 300 g/mol. The highest BCUT2D eigenvalue weighted by molar-refractivity contribution is 7.89. The van der Waals surface area contributed by atoms with E-state index in [0.29, 0.717) is 12.1 Å². The molecule has 0 aliphatic carbocycles. The molecule has 0 aromatic heterocycles. The number of benzene rings is 1. The van der Waals surface area contributed by atoms with Crippen molar-refractivity contribution in [2.45, 2.75) is 23.8 Å². The molecule has 1 saturated heterocycles. The lowest BCUT2D eigenvalue weighted by atomic mass is 10.0.